The fourth-order valence-electron chi connectivity index (χ4n) is 3.53. The minimum atomic E-state index is -0.546. The van der Waals surface area contributed by atoms with E-state index in [2.05, 4.69) is 6.07 Å². The summed E-state index contributed by atoms with van der Waals surface area (Å²) in [5, 5.41) is 0. The van der Waals surface area contributed by atoms with E-state index < -0.39 is 12.1 Å². The van der Waals surface area contributed by atoms with Crippen molar-refractivity contribution in [3.05, 3.63) is 35.4 Å². The first-order valence-corrected chi connectivity index (χ1v) is 6.69. The van der Waals surface area contributed by atoms with Gasteiger partial charge in [-0.05, 0) is 29.9 Å². The van der Waals surface area contributed by atoms with E-state index in [-0.39, 0.29) is 17.9 Å². The Kier molecular flexibility index (Phi) is 3.12. The van der Waals surface area contributed by atoms with Crippen LogP contribution in [0.25, 0.3) is 0 Å². The monoisotopic (exact) mass is 275 g/mol. The fourth-order valence-corrected chi connectivity index (χ4v) is 3.53. The number of methoxy groups -OCH3 is 2. The van der Waals surface area contributed by atoms with E-state index in [0.29, 0.717) is 6.42 Å². The third-order valence-electron chi connectivity index (χ3n) is 4.32. The normalized spacial score (nSPS) is 26.9. The van der Waals surface area contributed by atoms with Crippen LogP contribution >= 0.6 is 0 Å². The van der Waals surface area contributed by atoms with Gasteiger partial charge in [-0.1, -0.05) is 24.3 Å². The Morgan fingerprint density at radius 3 is 2.65 bits per heavy atom. The van der Waals surface area contributed by atoms with Gasteiger partial charge in [0.1, 0.15) is 6.04 Å². The highest BCUT2D eigenvalue weighted by molar-refractivity contribution is 5.83. The number of ether oxygens (including phenoxy) is 2. The second-order valence-electron chi connectivity index (χ2n) is 5.26. The summed E-state index contributed by atoms with van der Waals surface area (Å²) in [6, 6.07) is 7.44. The standard InChI is InChI=1S/C15H17NO4/c1-19-14(17)12-8-10-7-9-5-3-4-6-11(9)13(10)16(12)15(18)20-2/h3-6,10,12-13H,7-8H2,1-2H3/t10-,12+,13+/m1/s1. The number of likely N-dealkylation sites (tertiary alicyclic amines) is 1. The first-order valence-electron chi connectivity index (χ1n) is 6.69. The van der Waals surface area contributed by atoms with Crippen LogP contribution in [-0.4, -0.2) is 37.2 Å². The number of carbonyl (C=O) groups excluding carboxylic acids is 2. The van der Waals surface area contributed by atoms with Crippen molar-refractivity contribution in [2.45, 2.75) is 24.9 Å². The van der Waals surface area contributed by atoms with Crippen molar-refractivity contribution < 1.29 is 19.1 Å². The van der Waals surface area contributed by atoms with Gasteiger partial charge in [0.2, 0.25) is 0 Å². The minimum Gasteiger partial charge on any atom is -0.467 e. The number of hydrogen-bond donors (Lipinski definition) is 0. The van der Waals surface area contributed by atoms with E-state index in [4.69, 9.17) is 9.47 Å². The molecule has 1 fully saturated rings. The zero-order chi connectivity index (χ0) is 14.3. The van der Waals surface area contributed by atoms with Crippen molar-refractivity contribution in [3.63, 3.8) is 0 Å². The Morgan fingerprint density at radius 2 is 1.95 bits per heavy atom. The maximum atomic E-state index is 12.1. The second-order valence-corrected chi connectivity index (χ2v) is 5.26. The Balaban J connectivity index is 2.00. The lowest BCUT2D eigenvalue weighted by atomic mass is 10.00. The van der Waals surface area contributed by atoms with Gasteiger partial charge in [0.05, 0.1) is 20.3 Å². The Morgan fingerprint density at radius 1 is 1.20 bits per heavy atom. The topological polar surface area (TPSA) is 55.8 Å². The van der Waals surface area contributed by atoms with Crippen LogP contribution in [0.1, 0.15) is 23.6 Å². The zero-order valence-electron chi connectivity index (χ0n) is 11.5. The van der Waals surface area contributed by atoms with Crippen molar-refractivity contribution in [1.29, 1.82) is 0 Å². The first kappa shape index (κ1) is 13.0. The quantitative estimate of drug-likeness (QED) is 0.735. The molecule has 0 aromatic heterocycles. The van der Waals surface area contributed by atoms with E-state index in [1.807, 2.05) is 18.2 Å². The number of hydrogen-bond acceptors (Lipinski definition) is 4. The van der Waals surface area contributed by atoms with Crippen molar-refractivity contribution in [2.24, 2.45) is 5.92 Å². The van der Waals surface area contributed by atoms with E-state index >= 15 is 0 Å². The summed E-state index contributed by atoms with van der Waals surface area (Å²) in [7, 11) is 2.69. The minimum absolute atomic E-state index is 0.0808. The maximum Gasteiger partial charge on any atom is 0.410 e. The van der Waals surface area contributed by atoms with Crippen molar-refractivity contribution >= 4 is 12.1 Å². The van der Waals surface area contributed by atoms with Crippen LogP contribution in [0.5, 0.6) is 0 Å². The average Bonchev–Trinajstić information content (AvgIpc) is 3.01. The number of benzene rings is 1. The summed E-state index contributed by atoms with van der Waals surface area (Å²) in [6.45, 7) is 0. The van der Waals surface area contributed by atoms with E-state index in [9.17, 15) is 9.59 Å². The van der Waals surface area contributed by atoms with Crippen molar-refractivity contribution in [1.82, 2.24) is 4.90 Å². The highest BCUT2D eigenvalue weighted by Gasteiger charge is 2.51. The summed E-state index contributed by atoms with van der Waals surface area (Å²) in [4.78, 5) is 25.6. The van der Waals surface area contributed by atoms with Crippen LogP contribution in [0, 0.1) is 5.92 Å². The molecule has 20 heavy (non-hydrogen) atoms. The zero-order valence-corrected chi connectivity index (χ0v) is 11.5. The van der Waals surface area contributed by atoms with Crippen LogP contribution in [0.2, 0.25) is 0 Å². The largest absolute Gasteiger partial charge is 0.467 e. The molecule has 0 N–H and O–H groups in total. The molecule has 1 aromatic carbocycles. The van der Waals surface area contributed by atoms with Gasteiger partial charge in [0, 0.05) is 0 Å². The molecule has 1 heterocycles. The highest BCUT2D eigenvalue weighted by Crippen LogP contribution is 2.49. The lowest BCUT2D eigenvalue weighted by Gasteiger charge is -2.27. The molecule has 1 aromatic rings. The summed E-state index contributed by atoms with van der Waals surface area (Å²) in [5.41, 5.74) is 2.37. The molecule has 0 saturated carbocycles. The molecule has 2 aliphatic rings. The number of nitrogens with zero attached hydrogens (tertiary/aromatic N) is 1. The lowest BCUT2D eigenvalue weighted by molar-refractivity contribution is -0.145. The summed E-state index contributed by atoms with van der Waals surface area (Å²) < 4.78 is 9.69. The molecule has 5 heteroatoms. The molecule has 3 rings (SSSR count). The maximum absolute atomic E-state index is 12.1. The predicted molar refractivity (Wildman–Crippen MR) is 71.0 cm³/mol. The molecule has 0 spiro atoms. The molecule has 0 radical (unpaired) electrons. The van der Waals surface area contributed by atoms with Gasteiger partial charge in [-0.25, -0.2) is 9.59 Å². The smallest absolute Gasteiger partial charge is 0.410 e. The van der Waals surface area contributed by atoms with Crippen LogP contribution in [0.15, 0.2) is 24.3 Å². The van der Waals surface area contributed by atoms with Gasteiger partial charge in [0.15, 0.2) is 0 Å². The van der Waals surface area contributed by atoms with Gasteiger partial charge >= 0.3 is 12.1 Å². The number of fused-ring (bicyclic) bond motifs is 3. The Labute approximate surface area is 117 Å². The summed E-state index contributed by atoms with van der Waals surface area (Å²) >= 11 is 0. The second kappa shape index (κ2) is 4.81. The molecule has 1 aliphatic carbocycles. The fraction of sp³-hybridized carbons (Fsp3) is 0.467. The lowest BCUT2D eigenvalue weighted by Crippen LogP contribution is -2.42. The predicted octanol–water partition coefficient (Wildman–Crippen LogP) is 1.91. The molecule has 0 unspecified atom stereocenters. The van der Waals surface area contributed by atoms with Crippen LogP contribution in [-0.2, 0) is 20.7 Å². The van der Waals surface area contributed by atoms with Crippen molar-refractivity contribution in [2.75, 3.05) is 14.2 Å². The van der Waals surface area contributed by atoms with Gasteiger partial charge in [-0.3, -0.25) is 4.90 Å². The van der Waals surface area contributed by atoms with Crippen LogP contribution < -0.4 is 0 Å². The number of carbonyl (C=O) groups is 2. The number of esters is 1. The molecule has 106 valence electrons. The molecular formula is C15H17NO4. The van der Waals surface area contributed by atoms with Gasteiger partial charge < -0.3 is 9.47 Å². The summed E-state index contributed by atoms with van der Waals surface area (Å²) in [6.07, 6.45) is 1.05. The van der Waals surface area contributed by atoms with Crippen LogP contribution in [0.3, 0.4) is 0 Å². The van der Waals surface area contributed by atoms with Crippen molar-refractivity contribution in [3.8, 4) is 0 Å². The van der Waals surface area contributed by atoms with Crippen LogP contribution in [0.4, 0.5) is 4.79 Å². The average molecular weight is 275 g/mol. The molecule has 1 saturated heterocycles. The molecule has 1 amide bonds. The SMILES string of the molecule is COC(=O)[C@@H]1C[C@H]2Cc3ccccc3[C@H]2N1C(=O)OC. The summed E-state index contributed by atoms with van der Waals surface area (Å²) in [5.74, 6) is -0.113. The molecular weight excluding hydrogens is 258 g/mol. The Bertz CT molecular complexity index is 557. The van der Waals surface area contributed by atoms with Gasteiger partial charge in [0.25, 0.3) is 0 Å². The molecule has 3 atom stereocenters. The number of rotatable bonds is 1. The Hall–Kier alpha value is -2.04. The van der Waals surface area contributed by atoms with Gasteiger partial charge in [-0.15, -0.1) is 0 Å². The van der Waals surface area contributed by atoms with E-state index in [1.165, 1.54) is 19.8 Å². The first-order chi connectivity index (χ1) is 9.67. The molecule has 1 aliphatic heterocycles. The van der Waals surface area contributed by atoms with Gasteiger partial charge in [-0.2, -0.15) is 0 Å². The molecule has 5 nitrogen and oxygen atoms in total. The highest BCUT2D eigenvalue weighted by atomic mass is 16.5. The third-order valence-corrected chi connectivity index (χ3v) is 4.32. The third kappa shape index (κ3) is 1.77. The molecule has 0 bridgehead atoms. The number of amides is 1. The van der Waals surface area contributed by atoms with E-state index in [0.717, 1.165) is 12.0 Å². The van der Waals surface area contributed by atoms with E-state index in [1.54, 1.807) is 4.90 Å².